The second kappa shape index (κ2) is 6.69. The smallest absolute Gasteiger partial charge is 0.261 e. The number of aromatic nitrogens is 1. The molecule has 1 aromatic heterocycles. The largest absolute Gasteiger partial charge is 0.265 e. The zero-order valence-corrected chi connectivity index (χ0v) is 13.2. The molecule has 1 unspecified atom stereocenters. The number of nitriles is 1. The summed E-state index contributed by atoms with van der Waals surface area (Å²) in [7, 11) is -3.54. The molecule has 0 fully saturated rings. The molecule has 0 amide bonds. The molecule has 114 valence electrons. The molecule has 0 aliphatic carbocycles. The van der Waals surface area contributed by atoms with E-state index in [9.17, 15) is 8.42 Å². The van der Waals surface area contributed by atoms with Crippen LogP contribution in [-0.4, -0.2) is 19.7 Å². The predicted molar refractivity (Wildman–Crippen MR) is 83.3 cm³/mol. The third-order valence-electron chi connectivity index (χ3n) is 3.14. The molecule has 6 heteroatoms. The number of hydrogen-bond donors (Lipinski definition) is 0. The van der Waals surface area contributed by atoms with Gasteiger partial charge in [-0.05, 0) is 18.6 Å². The number of nitrogens with zero attached hydrogens (tertiary/aromatic N) is 2. The van der Waals surface area contributed by atoms with Crippen molar-refractivity contribution in [1.82, 2.24) is 4.98 Å². The van der Waals surface area contributed by atoms with E-state index in [-0.39, 0.29) is 0 Å². The Kier molecular flexibility index (Phi) is 4.91. The molecule has 0 N–H and O–H groups in total. The maximum absolute atomic E-state index is 11.3. The van der Waals surface area contributed by atoms with E-state index < -0.39 is 16.2 Å². The summed E-state index contributed by atoms with van der Waals surface area (Å²) >= 11 is 0. The molecule has 1 atom stereocenters. The van der Waals surface area contributed by atoms with E-state index >= 15 is 0 Å². The zero-order valence-electron chi connectivity index (χ0n) is 12.4. The van der Waals surface area contributed by atoms with Gasteiger partial charge in [-0.25, -0.2) is 0 Å². The van der Waals surface area contributed by atoms with Crippen LogP contribution in [-0.2, 0) is 14.3 Å². The van der Waals surface area contributed by atoms with Gasteiger partial charge in [-0.2, -0.15) is 13.7 Å². The Balaban J connectivity index is 2.32. The van der Waals surface area contributed by atoms with E-state index in [0.29, 0.717) is 17.7 Å². The highest BCUT2D eigenvalue weighted by molar-refractivity contribution is 7.86. The Morgan fingerprint density at radius 2 is 2.00 bits per heavy atom. The minimum atomic E-state index is -3.54. The van der Waals surface area contributed by atoms with Crippen LogP contribution in [0.15, 0.2) is 42.6 Å². The second-order valence-electron chi connectivity index (χ2n) is 4.83. The van der Waals surface area contributed by atoms with Crippen molar-refractivity contribution in [2.24, 2.45) is 0 Å². The summed E-state index contributed by atoms with van der Waals surface area (Å²) in [6.45, 7) is 1.83. The van der Waals surface area contributed by atoms with Gasteiger partial charge in [0, 0.05) is 17.3 Å². The average molecular weight is 316 g/mol. The first kappa shape index (κ1) is 16.1. The normalized spacial score (nSPS) is 12.6. The summed E-state index contributed by atoms with van der Waals surface area (Å²) in [5.74, 6) is 0. The monoisotopic (exact) mass is 316 g/mol. The molecule has 0 bridgehead atoms. The van der Waals surface area contributed by atoms with Gasteiger partial charge in [-0.15, -0.1) is 0 Å². The zero-order chi connectivity index (χ0) is 16.2. The SMILES string of the molecule is CCC(OS(C)(=O)=O)c1ccc(-c2ccccc2C#N)cn1. The molecule has 22 heavy (non-hydrogen) atoms. The van der Waals surface area contributed by atoms with Gasteiger partial charge in [-0.1, -0.05) is 31.2 Å². The van der Waals surface area contributed by atoms with Crippen LogP contribution in [0.5, 0.6) is 0 Å². The third-order valence-corrected chi connectivity index (χ3v) is 3.72. The lowest BCUT2D eigenvalue weighted by molar-refractivity contribution is 0.206. The van der Waals surface area contributed by atoms with Gasteiger partial charge in [-0.3, -0.25) is 9.17 Å². The van der Waals surface area contributed by atoms with Gasteiger partial charge in [0.15, 0.2) is 0 Å². The Bertz CT molecular complexity index is 793. The average Bonchev–Trinajstić information content (AvgIpc) is 2.52. The first-order valence-electron chi connectivity index (χ1n) is 6.78. The summed E-state index contributed by atoms with van der Waals surface area (Å²) in [5.41, 5.74) is 2.71. The fourth-order valence-electron chi connectivity index (χ4n) is 2.12. The topological polar surface area (TPSA) is 80.0 Å². The minimum absolute atomic E-state index is 0.494. The Morgan fingerprint density at radius 1 is 1.27 bits per heavy atom. The van der Waals surface area contributed by atoms with Crippen LogP contribution < -0.4 is 0 Å². The van der Waals surface area contributed by atoms with Gasteiger partial charge < -0.3 is 0 Å². The van der Waals surface area contributed by atoms with E-state index in [2.05, 4.69) is 11.1 Å². The molecule has 1 heterocycles. The molecular formula is C16H16N2O3S. The van der Waals surface area contributed by atoms with Crippen molar-refractivity contribution in [2.45, 2.75) is 19.4 Å². The first-order valence-corrected chi connectivity index (χ1v) is 8.60. The molecule has 0 aliphatic rings. The molecule has 2 rings (SSSR count). The fourth-order valence-corrected chi connectivity index (χ4v) is 2.78. The van der Waals surface area contributed by atoms with E-state index in [1.807, 2.05) is 25.1 Å². The molecule has 0 aliphatic heterocycles. The minimum Gasteiger partial charge on any atom is -0.261 e. The highest BCUT2D eigenvalue weighted by Gasteiger charge is 2.17. The van der Waals surface area contributed by atoms with E-state index in [4.69, 9.17) is 9.44 Å². The van der Waals surface area contributed by atoms with Crippen LogP contribution in [0.2, 0.25) is 0 Å². The second-order valence-corrected chi connectivity index (χ2v) is 6.43. The van der Waals surface area contributed by atoms with Crippen LogP contribution in [0, 0.1) is 11.3 Å². The molecule has 0 saturated heterocycles. The fraction of sp³-hybridized carbons (Fsp3) is 0.250. The summed E-state index contributed by atoms with van der Waals surface area (Å²) in [6, 6.07) is 12.9. The van der Waals surface area contributed by atoms with Crippen LogP contribution in [0.3, 0.4) is 0 Å². The standard InChI is InChI=1S/C16H16N2O3S/c1-3-16(21-22(2,19)20)15-9-8-13(11-18-15)14-7-5-4-6-12(14)10-17/h4-9,11,16H,3H2,1-2H3. The van der Waals surface area contributed by atoms with Crippen molar-refractivity contribution >= 4 is 10.1 Å². The van der Waals surface area contributed by atoms with Crippen molar-refractivity contribution < 1.29 is 12.6 Å². The molecule has 1 aromatic carbocycles. The van der Waals surface area contributed by atoms with E-state index in [1.54, 1.807) is 24.4 Å². The lowest BCUT2D eigenvalue weighted by Gasteiger charge is -2.14. The molecular weight excluding hydrogens is 300 g/mol. The summed E-state index contributed by atoms with van der Waals surface area (Å²) in [4.78, 5) is 4.29. The summed E-state index contributed by atoms with van der Waals surface area (Å²) in [5, 5.41) is 9.13. The summed E-state index contributed by atoms with van der Waals surface area (Å²) < 4.78 is 27.5. The van der Waals surface area contributed by atoms with Gasteiger partial charge in [0.1, 0.15) is 6.10 Å². The van der Waals surface area contributed by atoms with Crippen molar-refractivity contribution in [3.05, 3.63) is 53.9 Å². The van der Waals surface area contributed by atoms with Crippen LogP contribution >= 0.6 is 0 Å². The maximum atomic E-state index is 11.3. The number of hydrogen-bond acceptors (Lipinski definition) is 5. The lowest BCUT2D eigenvalue weighted by atomic mass is 10.0. The van der Waals surface area contributed by atoms with Gasteiger partial charge >= 0.3 is 0 Å². The molecule has 5 nitrogen and oxygen atoms in total. The highest BCUT2D eigenvalue weighted by atomic mass is 32.2. The van der Waals surface area contributed by atoms with Crippen molar-refractivity contribution in [3.63, 3.8) is 0 Å². The van der Waals surface area contributed by atoms with Crippen molar-refractivity contribution in [3.8, 4) is 17.2 Å². The first-order chi connectivity index (χ1) is 10.4. The van der Waals surface area contributed by atoms with Crippen LogP contribution in [0.25, 0.3) is 11.1 Å². The highest BCUT2D eigenvalue weighted by Crippen LogP contribution is 2.26. The van der Waals surface area contributed by atoms with Gasteiger partial charge in [0.05, 0.1) is 23.6 Å². The Hall–Kier alpha value is -2.23. The molecule has 0 spiro atoms. The Morgan fingerprint density at radius 3 is 2.55 bits per heavy atom. The summed E-state index contributed by atoms with van der Waals surface area (Å²) in [6.07, 6.45) is 2.54. The van der Waals surface area contributed by atoms with Crippen LogP contribution in [0.1, 0.15) is 30.7 Å². The Labute approximate surface area is 130 Å². The maximum Gasteiger partial charge on any atom is 0.265 e. The third kappa shape index (κ3) is 3.91. The predicted octanol–water partition coefficient (Wildman–Crippen LogP) is 3.05. The molecule has 2 aromatic rings. The van der Waals surface area contributed by atoms with Crippen LogP contribution in [0.4, 0.5) is 0 Å². The van der Waals surface area contributed by atoms with Crippen molar-refractivity contribution in [1.29, 1.82) is 5.26 Å². The van der Waals surface area contributed by atoms with Gasteiger partial charge in [0.25, 0.3) is 10.1 Å². The number of rotatable bonds is 5. The molecule has 0 saturated carbocycles. The number of benzene rings is 1. The van der Waals surface area contributed by atoms with E-state index in [1.165, 1.54) is 0 Å². The number of pyridine rings is 1. The quantitative estimate of drug-likeness (QED) is 0.792. The van der Waals surface area contributed by atoms with E-state index in [0.717, 1.165) is 17.4 Å². The van der Waals surface area contributed by atoms with Crippen molar-refractivity contribution in [2.75, 3.05) is 6.26 Å². The van der Waals surface area contributed by atoms with Gasteiger partial charge in [0.2, 0.25) is 0 Å². The molecule has 0 radical (unpaired) electrons. The lowest BCUT2D eigenvalue weighted by Crippen LogP contribution is -2.11.